The zero-order valence-electron chi connectivity index (χ0n) is 16.2. The number of hydrogen-bond acceptors (Lipinski definition) is 2. The predicted molar refractivity (Wildman–Crippen MR) is 111 cm³/mol. The highest BCUT2D eigenvalue weighted by molar-refractivity contribution is 6.31. The third-order valence-corrected chi connectivity index (χ3v) is 5.47. The van der Waals surface area contributed by atoms with E-state index >= 15 is 0 Å². The van der Waals surface area contributed by atoms with Crippen molar-refractivity contribution in [2.45, 2.75) is 58.8 Å². The highest BCUT2D eigenvalue weighted by Gasteiger charge is 2.24. The standard InChI is InChI=1S/C21H32ClN3O/c1-4-7-16-17-12-15(22)9-10-19(17)25-21(16)18(14(3)5-2)13-24-20(26)8-6-11-23/h9-10,12,14,18,25H,4-8,11,13,23H2,1-3H3,(H,24,26). The number of aromatic nitrogens is 1. The molecular weight excluding hydrogens is 346 g/mol. The third-order valence-electron chi connectivity index (χ3n) is 5.23. The second-order valence-electron chi connectivity index (χ2n) is 7.15. The minimum atomic E-state index is 0.0833. The first-order valence-electron chi connectivity index (χ1n) is 9.78. The van der Waals surface area contributed by atoms with E-state index in [4.69, 9.17) is 17.3 Å². The van der Waals surface area contributed by atoms with E-state index in [9.17, 15) is 4.79 Å². The number of halogens is 1. The molecule has 2 atom stereocenters. The Labute approximate surface area is 161 Å². The van der Waals surface area contributed by atoms with Crippen molar-refractivity contribution in [3.8, 4) is 0 Å². The molecule has 0 bridgehead atoms. The lowest BCUT2D eigenvalue weighted by Crippen LogP contribution is -2.31. The van der Waals surface area contributed by atoms with Crippen LogP contribution in [0.15, 0.2) is 18.2 Å². The second kappa shape index (κ2) is 9.98. The minimum Gasteiger partial charge on any atom is -0.358 e. The van der Waals surface area contributed by atoms with Gasteiger partial charge in [-0.25, -0.2) is 0 Å². The number of hydrogen-bond donors (Lipinski definition) is 3. The summed E-state index contributed by atoms with van der Waals surface area (Å²) in [5, 5.41) is 5.08. The first-order chi connectivity index (χ1) is 12.5. The van der Waals surface area contributed by atoms with Crippen molar-refractivity contribution in [1.29, 1.82) is 0 Å². The summed E-state index contributed by atoms with van der Waals surface area (Å²) in [6.45, 7) is 7.85. The summed E-state index contributed by atoms with van der Waals surface area (Å²) in [6.07, 6.45) is 4.36. The Kier molecular flexibility index (Phi) is 7.98. The average Bonchev–Trinajstić information content (AvgIpc) is 2.98. The van der Waals surface area contributed by atoms with Crippen molar-refractivity contribution in [2.75, 3.05) is 13.1 Å². The summed E-state index contributed by atoms with van der Waals surface area (Å²) in [4.78, 5) is 15.7. The minimum absolute atomic E-state index is 0.0833. The molecule has 2 aromatic rings. The lowest BCUT2D eigenvalue weighted by Gasteiger charge is -2.24. The highest BCUT2D eigenvalue weighted by atomic mass is 35.5. The summed E-state index contributed by atoms with van der Waals surface area (Å²) < 4.78 is 0. The van der Waals surface area contributed by atoms with Gasteiger partial charge in [0.15, 0.2) is 0 Å². The summed E-state index contributed by atoms with van der Waals surface area (Å²) in [6, 6.07) is 6.02. The van der Waals surface area contributed by atoms with Crippen molar-refractivity contribution in [3.05, 3.63) is 34.5 Å². The molecule has 1 amide bonds. The average molecular weight is 378 g/mol. The lowest BCUT2D eigenvalue weighted by atomic mass is 9.86. The summed E-state index contributed by atoms with van der Waals surface area (Å²) in [5.74, 6) is 0.804. The number of amides is 1. The zero-order chi connectivity index (χ0) is 19.1. The normalized spacial score (nSPS) is 13.7. The smallest absolute Gasteiger partial charge is 0.220 e. The van der Waals surface area contributed by atoms with Gasteiger partial charge in [-0.2, -0.15) is 0 Å². The van der Waals surface area contributed by atoms with Gasteiger partial charge in [-0.15, -0.1) is 0 Å². The molecule has 4 N–H and O–H groups in total. The van der Waals surface area contributed by atoms with Gasteiger partial charge in [-0.1, -0.05) is 45.2 Å². The molecule has 5 heteroatoms. The first kappa shape index (κ1) is 20.8. The molecule has 4 nitrogen and oxygen atoms in total. The van der Waals surface area contributed by atoms with E-state index in [-0.39, 0.29) is 11.8 Å². The van der Waals surface area contributed by atoms with E-state index in [1.807, 2.05) is 12.1 Å². The largest absolute Gasteiger partial charge is 0.358 e. The maximum atomic E-state index is 12.1. The van der Waals surface area contributed by atoms with E-state index in [0.29, 0.717) is 25.4 Å². The van der Waals surface area contributed by atoms with Crippen molar-refractivity contribution in [1.82, 2.24) is 10.3 Å². The number of nitrogens with two attached hydrogens (primary N) is 1. The Morgan fingerprint density at radius 1 is 1.35 bits per heavy atom. The molecule has 2 rings (SSSR count). The highest BCUT2D eigenvalue weighted by Crippen LogP contribution is 2.35. The van der Waals surface area contributed by atoms with E-state index in [1.165, 1.54) is 16.6 Å². The van der Waals surface area contributed by atoms with Crippen LogP contribution in [-0.2, 0) is 11.2 Å². The molecule has 144 valence electrons. The molecule has 0 aliphatic heterocycles. The van der Waals surface area contributed by atoms with E-state index in [0.717, 1.165) is 36.2 Å². The Bertz CT molecular complexity index is 725. The van der Waals surface area contributed by atoms with Crippen LogP contribution in [0.25, 0.3) is 10.9 Å². The van der Waals surface area contributed by atoms with Crippen LogP contribution in [0.5, 0.6) is 0 Å². The van der Waals surface area contributed by atoms with Gasteiger partial charge in [0.2, 0.25) is 5.91 Å². The predicted octanol–water partition coefficient (Wildman–Crippen LogP) is 4.76. The first-order valence-corrected chi connectivity index (χ1v) is 10.2. The third kappa shape index (κ3) is 5.01. The van der Waals surface area contributed by atoms with Crippen LogP contribution >= 0.6 is 11.6 Å². The van der Waals surface area contributed by atoms with Gasteiger partial charge in [0.1, 0.15) is 0 Å². The van der Waals surface area contributed by atoms with Gasteiger partial charge >= 0.3 is 0 Å². The monoisotopic (exact) mass is 377 g/mol. The maximum absolute atomic E-state index is 12.1. The fraction of sp³-hybridized carbons (Fsp3) is 0.571. The number of nitrogens with one attached hydrogen (secondary N) is 2. The van der Waals surface area contributed by atoms with Crippen LogP contribution in [0.4, 0.5) is 0 Å². The molecule has 0 radical (unpaired) electrons. The molecule has 1 aromatic carbocycles. The second-order valence-corrected chi connectivity index (χ2v) is 7.58. The molecule has 0 saturated carbocycles. The number of carbonyl (C=O) groups is 1. The number of benzene rings is 1. The lowest BCUT2D eigenvalue weighted by molar-refractivity contribution is -0.121. The van der Waals surface area contributed by atoms with Gasteiger partial charge in [0.25, 0.3) is 0 Å². The molecule has 0 fully saturated rings. The number of fused-ring (bicyclic) bond motifs is 1. The van der Waals surface area contributed by atoms with Gasteiger partial charge in [-0.05, 0) is 49.1 Å². The number of aromatic amines is 1. The van der Waals surface area contributed by atoms with Crippen LogP contribution < -0.4 is 11.1 Å². The number of H-pyrrole nitrogens is 1. The molecule has 1 aromatic heterocycles. The maximum Gasteiger partial charge on any atom is 0.220 e. The number of aryl methyl sites for hydroxylation is 1. The molecule has 0 saturated heterocycles. The Morgan fingerprint density at radius 2 is 2.12 bits per heavy atom. The Hall–Kier alpha value is -1.52. The van der Waals surface area contributed by atoms with E-state index in [1.54, 1.807) is 0 Å². The van der Waals surface area contributed by atoms with Crippen LogP contribution in [0, 0.1) is 5.92 Å². The van der Waals surface area contributed by atoms with Gasteiger partial charge in [0.05, 0.1) is 0 Å². The van der Waals surface area contributed by atoms with Crippen LogP contribution in [0.1, 0.15) is 63.6 Å². The SMILES string of the molecule is CCCc1c(C(CNC(=O)CCCN)C(C)CC)[nH]c2ccc(Cl)cc12. The zero-order valence-corrected chi connectivity index (χ0v) is 17.0. The Morgan fingerprint density at radius 3 is 2.77 bits per heavy atom. The molecule has 0 spiro atoms. The van der Waals surface area contributed by atoms with Crippen LogP contribution in [0.3, 0.4) is 0 Å². The van der Waals surface area contributed by atoms with Crippen LogP contribution in [0.2, 0.25) is 5.02 Å². The fourth-order valence-electron chi connectivity index (χ4n) is 3.52. The molecule has 2 unspecified atom stereocenters. The van der Waals surface area contributed by atoms with E-state index in [2.05, 4.69) is 37.1 Å². The quantitative estimate of drug-likeness (QED) is 0.558. The molecule has 1 heterocycles. The van der Waals surface area contributed by atoms with Crippen molar-refractivity contribution >= 4 is 28.4 Å². The molecule has 0 aliphatic rings. The summed E-state index contributed by atoms with van der Waals surface area (Å²) >= 11 is 6.24. The Balaban J connectivity index is 2.34. The van der Waals surface area contributed by atoms with Gasteiger partial charge in [-0.3, -0.25) is 4.79 Å². The molecule has 0 aliphatic carbocycles. The molecular formula is C21H32ClN3O. The number of carbonyl (C=O) groups excluding carboxylic acids is 1. The van der Waals surface area contributed by atoms with Gasteiger partial charge in [0, 0.05) is 40.5 Å². The van der Waals surface area contributed by atoms with E-state index < -0.39 is 0 Å². The van der Waals surface area contributed by atoms with Crippen LogP contribution in [-0.4, -0.2) is 24.0 Å². The fourth-order valence-corrected chi connectivity index (χ4v) is 3.70. The van der Waals surface area contributed by atoms with Gasteiger partial charge < -0.3 is 16.0 Å². The van der Waals surface area contributed by atoms with Crippen molar-refractivity contribution in [3.63, 3.8) is 0 Å². The number of rotatable bonds is 10. The summed E-state index contributed by atoms with van der Waals surface area (Å²) in [5.41, 5.74) is 9.21. The topological polar surface area (TPSA) is 70.9 Å². The summed E-state index contributed by atoms with van der Waals surface area (Å²) in [7, 11) is 0. The molecule has 26 heavy (non-hydrogen) atoms. The van der Waals surface area contributed by atoms with Crippen molar-refractivity contribution < 1.29 is 4.79 Å². The van der Waals surface area contributed by atoms with Crippen molar-refractivity contribution in [2.24, 2.45) is 11.7 Å².